The molecule has 26 heavy (non-hydrogen) atoms. The number of rotatable bonds is 5. The third kappa shape index (κ3) is 3.71. The van der Waals surface area contributed by atoms with Crippen molar-refractivity contribution in [3.63, 3.8) is 0 Å². The van der Waals surface area contributed by atoms with Crippen LogP contribution in [-0.2, 0) is 12.6 Å². The van der Waals surface area contributed by atoms with Crippen LogP contribution in [0.25, 0.3) is 5.82 Å². The first-order valence-corrected chi connectivity index (χ1v) is 7.50. The second-order valence-electron chi connectivity index (χ2n) is 5.26. The van der Waals surface area contributed by atoms with E-state index in [1.165, 1.54) is 10.9 Å². The minimum absolute atomic E-state index is 0.00124. The van der Waals surface area contributed by atoms with E-state index in [9.17, 15) is 18.0 Å². The van der Waals surface area contributed by atoms with Crippen molar-refractivity contribution in [2.45, 2.75) is 19.5 Å². The van der Waals surface area contributed by atoms with E-state index in [2.05, 4.69) is 30.1 Å². The van der Waals surface area contributed by atoms with Crippen molar-refractivity contribution in [2.24, 2.45) is 0 Å². The van der Waals surface area contributed by atoms with Crippen molar-refractivity contribution in [3.05, 3.63) is 53.6 Å². The molecule has 1 N–H and O–H groups in total. The number of carbonyl (C=O) groups is 1. The Morgan fingerprint density at radius 2 is 2.15 bits per heavy atom. The molecule has 0 aliphatic heterocycles. The van der Waals surface area contributed by atoms with E-state index in [-0.39, 0.29) is 18.8 Å². The lowest BCUT2D eigenvalue weighted by Gasteiger charge is -2.05. The van der Waals surface area contributed by atoms with Crippen LogP contribution < -0.4 is 5.32 Å². The summed E-state index contributed by atoms with van der Waals surface area (Å²) in [4.78, 5) is 19.6. The molecule has 3 aromatic rings. The van der Waals surface area contributed by atoms with Crippen molar-refractivity contribution in [3.8, 4) is 5.82 Å². The molecule has 1 amide bonds. The van der Waals surface area contributed by atoms with Gasteiger partial charge < -0.3 is 9.84 Å². The molecule has 0 saturated carbocycles. The molecule has 0 saturated heterocycles. The van der Waals surface area contributed by atoms with E-state index in [4.69, 9.17) is 0 Å². The summed E-state index contributed by atoms with van der Waals surface area (Å²) in [7, 11) is 0. The maximum atomic E-state index is 12.4. The second-order valence-corrected chi connectivity index (χ2v) is 5.26. The number of hydrogen-bond donors (Lipinski definition) is 1. The van der Waals surface area contributed by atoms with Crippen LogP contribution in [0.4, 0.5) is 13.2 Å². The van der Waals surface area contributed by atoms with Gasteiger partial charge in [-0.1, -0.05) is 11.2 Å². The van der Waals surface area contributed by atoms with Gasteiger partial charge in [0.25, 0.3) is 5.91 Å². The van der Waals surface area contributed by atoms with Crippen LogP contribution in [0.5, 0.6) is 0 Å². The van der Waals surface area contributed by atoms with Crippen molar-refractivity contribution in [1.29, 1.82) is 0 Å². The molecule has 0 aliphatic carbocycles. The predicted octanol–water partition coefficient (Wildman–Crippen LogP) is 1.95. The predicted molar refractivity (Wildman–Crippen MR) is 81.4 cm³/mol. The van der Waals surface area contributed by atoms with Crippen molar-refractivity contribution >= 4 is 5.91 Å². The fourth-order valence-electron chi connectivity index (χ4n) is 2.20. The highest BCUT2D eigenvalue weighted by Crippen LogP contribution is 2.27. The fourth-order valence-corrected chi connectivity index (χ4v) is 2.20. The van der Waals surface area contributed by atoms with Gasteiger partial charge in [0.15, 0.2) is 11.6 Å². The number of alkyl halides is 3. The first kappa shape index (κ1) is 17.6. The molecule has 3 aromatic heterocycles. The van der Waals surface area contributed by atoms with Gasteiger partial charge in [-0.05, 0) is 19.1 Å². The van der Waals surface area contributed by atoms with Crippen LogP contribution in [0.3, 0.4) is 0 Å². The Labute approximate surface area is 145 Å². The first-order valence-electron chi connectivity index (χ1n) is 7.50. The molecule has 3 heterocycles. The van der Waals surface area contributed by atoms with E-state index in [0.717, 1.165) is 0 Å². The van der Waals surface area contributed by atoms with Crippen LogP contribution in [-0.4, -0.2) is 37.4 Å². The standard InChI is InChI=1S/C15H13F3N6O2/c1-9-10(8-21-24(9)12-4-2-3-6-19-12)13(25)20-7-5-11-22-14(26-23-11)15(16,17)18/h2-4,6,8H,5,7H2,1H3,(H,20,25). The smallest absolute Gasteiger partial charge is 0.351 e. The highest BCUT2D eigenvalue weighted by Gasteiger charge is 2.38. The SMILES string of the molecule is Cc1c(C(=O)NCCc2noc(C(F)(F)F)n2)cnn1-c1ccccn1. The molecule has 0 fully saturated rings. The maximum Gasteiger partial charge on any atom is 0.471 e. The lowest BCUT2D eigenvalue weighted by Crippen LogP contribution is -2.26. The molecule has 3 rings (SSSR count). The molecule has 136 valence electrons. The molecule has 0 bridgehead atoms. The number of halogens is 3. The Morgan fingerprint density at radius 1 is 1.35 bits per heavy atom. The quantitative estimate of drug-likeness (QED) is 0.741. The number of pyridine rings is 1. The Kier molecular flexibility index (Phi) is 4.69. The van der Waals surface area contributed by atoms with Gasteiger partial charge in [0.1, 0.15) is 0 Å². The lowest BCUT2D eigenvalue weighted by molar-refractivity contribution is -0.159. The largest absolute Gasteiger partial charge is 0.471 e. The molecule has 11 heteroatoms. The molecule has 0 aromatic carbocycles. The Morgan fingerprint density at radius 3 is 2.81 bits per heavy atom. The van der Waals surface area contributed by atoms with Gasteiger partial charge >= 0.3 is 12.1 Å². The molecule has 0 radical (unpaired) electrons. The van der Waals surface area contributed by atoms with E-state index in [1.54, 1.807) is 31.3 Å². The van der Waals surface area contributed by atoms with E-state index < -0.39 is 18.0 Å². The average Bonchev–Trinajstić information content (AvgIpc) is 3.22. The molecular weight excluding hydrogens is 353 g/mol. The van der Waals surface area contributed by atoms with E-state index in [1.807, 2.05) is 0 Å². The number of hydrogen-bond acceptors (Lipinski definition) is 6. The summed E-state index contributed by atoms with van der Waals surface area (Å²) in [6.07, 6.45) is -1.68. The average molecular weight is 366 g/mol. The summed E-state index contributed by atoms with van der Waals surface area (Å²) in [6.45, 7) is 1.76. The third-order valence-electron chi connectivity index (χ3n) is 3.47. The number of amides is 1. The summed E-state index contributed by atoms with van der Waals surface area (Å²) in [5, 5.41) is 9.95. The fraction of sp³-hybridized carbons (Fsp3) is 0.267. The zero-order valence-corrected chi connectivity index (χ0v) is 13.5. The normalized spacial score (nSPS) is 11.5. The summed E-state index contributed by atoms with van der Waals surface area (Å²) in [5.74, 6) is -1.40. The van der Waals surface area contributed by atoms with E-state index in [0.29, 0.717) is 17.1 Å². The summed E-state index contributed by atoms with van der Waals surface area (Å²) in [6, 6.07) is 5.30. The second kappa shape index (κ2) is 6.94. The van der Waals surface area contributed by atoms with Gasteiger partial charge in [-0.2, -0.15) is 23.3 Å². The monoisotopic (exact) mass is 366 g/mol. The molecule has 0 spiro atoms. The van der Waals surface area contributed by atoms with Crippen LogP contribution >= 0.6 is 0 Å². The zero-order chi connectivity index (χ0) is 18.7. The topological polar surface area (TPSA) is 98.7 Å². The number of aromatic nitrogens is 5. The molecule has 0 atom stereocenters. The summed E-state index contributed by atoms with van der Waals surface area (Å²) < 4.78 is 42.8. The van der Waals surface area contributed by atoms with Crippen molar-refractivity contribution < 1.29 is 22.5 Å². The van der Waals surface area contributed by atoms with Gasteiger partial charge in [-0.3, -0.25) is 4.79 Å². The first-order chi connectivity index (χ1) is 12.4. The van der Waals surface area contributed by atoms with Gasteiger partial charge in [0, 0.05) is 19.2 Å². The minimum atomic E-state index is -4.69. The van der Waals surface area contributed by atoms with Gasteiger partial charge in [-0.15, -0.1) is 0 Å². The van der Waals surface area contributed by atoms with Gasteiger partial charge in [-0.25, -0.2) is 9.67 Å². The highest BCUT2D eigenvalue weighted by atomic mass is 19.4. The molecular formula is C15H13F3N6O2. The Balaban J connectivity index is 1.61. The number of carbonyl (C=O) groups excluding carboxylic acids is 1. The molecule has 8 nitrogen and oxygen atoms in total. The maximum absolute atomic E-state index is 12.4. The summed E-state index contributed by atoms with van der Waals surface area (Å²) >= 11 is 0. The van der Waals surface area contributed by atoms with E-state index >= 15 is 0 Å². The van der Waals surface area contributed by atoms with Crippen LogP contribution in [0.15, 0.2) is 35.1 Å². The van der Waals surface area contributed by atoms with Crippen molar-refractivity contribution in [2.75, 3.05) is 6.54 Å². The van der Waals surface area contributed by atoms with Crippen LogP contribution in [0.1, 0.15) is 27.8 Å². The lowest BCUT2D eigenvalue weighted by atomic mass is 10.2. The third-order valence-corrected chi connectivity index (χ3v) is 3.47. The highest BCUT2D eigenvalue weighted by molar-refractivity contribution is 5.95. The Bertz CT molecular complexity index is 904. The summed E-state index contributed by atoms with van der Waals surface area (Å²) in [5.41, 5.74) is 0.917. The minimum Gasteiger partial charge on any atom is -0.351 e. The zero-order valence-electron chi connectivity index (χ0n) is 13.5. The molecule has 0 unspecified atom stereocenters. The van der Waals surface area contributed by atoms with Crippen LogP contribution in [0, 0.1) is 6.92 Å². The van der Waals surface area contributed by atoms with Gasteiger partial charge in [0.2, 0.25) is 0 Å². The number of nitrogens with one attached hydrogen (secondary N) is 1. The number of nitrogens with zero attached hydrogens (tertiary/aromatic N) is 5. The van der Waals surface area contributed by atoms with Crippen molar-refractivity contribution in [1.82, 2.24) is 30.2 Å². The Hall–Kier alpha value is -3.24. The van der Waals surface area contributed by atoms with Crippen LogP contribution in [0.2, 0.25) is 0 Å². The molecule has 0 aliphatic rings. The van der Waals surface area contributed by atoms with Gasteiger partial charge in [0.05, 0.1) is 17.5 Å².